The van der Waals surface area contributed by atoms with Crippen molar-refractivity contribution in [1.82, 2.24) is 14.9 Å². The molecule has 122 valence electrons. The molecule has 1 aliphatic rings. The summed E-state index contributed by atoms with van der Waals surface area (Å²) >= 11 is 6.28. The molecule has 1 aliphatic heterocycles. The Hall–Kier alpha value is -2.53. The smallest absolute Gasteiger partial charge is 0.254 e. The lowest BCUT2D eigenvalue weighted by Gasteiger charge is -2.27. The van der Waals surface area contributed by atoms with Crippen LogP contribution in [0.3, 0.4) is 0 Å². The summed E-state index contributed by atoms with van der Waals surface area (Å²) in [4.78, 5) is 22.3. The quantitative estimate of drug-likeness (QED) is 0.751. The largest absolute Gasteiger partial charge is 0.373 e. The summed E-state index contributed by atoms with van der Waals surface area (Å²) in [6.45, 7) is 1.28. The molecule has 6 heteroatoms. The Bertz CT molecular complexity index is 934. The van der Waals surface area contributed by atoms with Crippen LogP contribution in [0.5, 0.6) is 0 Å². The van der Waals surface area contributed by atoms with E-state index >= 15 is 0 Å². The summed E-state index contributed by atoms with van der Waals surface area (Å²) in [5, 5.41) is 4.78. The number of fused-ring (bicyclic) bond motifs is 3. The van der Waals surface area contributed by atoms with E-state index in [1.807, 2.05) is 17.0 Å². The number of H-pyrrole nitrogens is 1. The molecular weight excluding hydrogens is 324 g/mol. The Labute approximate surface area is 144 Å². The second-order valence-corrected chi connectivity index (χ2v) is 6.31. The minimum atomic E-state index is 0.0240. The molecule has 0 atom stereocenters. The van der Waals surface area contributed by atoms with Crippen LogP contribution in [0.2, 0.25) is 5.02 Å². The third-order valence-corrected chi connectivity index (χ3v) is 4.82. The minimum absolute atomic E-state index is 0.0240. The monoisotopic (exact) mass is 340 g/mol. The molecule has 0 aliphatic carbocycles. The zero-order chi connectivity index (χ0) is 16.7. The number of rotatable bonds is 2. The van der Waals surface area contributed by atoms with Crippen LogP contribution in [0.1, 0.15) is 21.6 Å². The van der Waals surface area contributed by atoms with E-state index < -0.39 is 0 Å². The molecule has 1 aromatic carbocycles. The highest BCUT2D eigenvalue weighted by Crippen LogP contribution is 2.32. The summed E-state index contributed by atoms with van der Waals surface area (Å²) in [6.07, 6.45) is 2.45. The van der Waals surface area contributed by atoms with Crippen LogP contribution >= 0.6 is 11.6 Å². The van der Waals surface area contributed by atoms with Crippen LogP contribution in [0, 0.1) is 0 Å². The highest BCUT2D eigenvalue weighted by molar-refractivity contribution is 6.35. The minimum Gasteiger partial charge on any atom is -0.373 e. The van der Waals surface area contributed by atoms with Gasteiger partial charge in [0.15, 0.2) is 0 Å². The predicted molar refractivity (Wildman–Crippen MR) is 95.5 cm³/mol. The second kappa shape index (κ2) is 5.83. The fourth-order valence-electron chi connectivity index (χ4n) is 3.26. The van der Waals surface area contributed by atoms with Crippen molar-refractivity contribution >= 4 is 34.2 Å². The Kier molecular flexibility index (Phi) is 3.65. The Morgan fingerprint density at radius 2 is 2.25 bits per heavy atom. The van der Waals surface area contributed by atoms with Gasteiger partial charge in [-0.2, -0.15) is 0 Å². The maximum atomic E-state index is 12.8. The van der Waals surface area contributed by atoms with E-state index in [2.05, 4.69) is 21.4 Å². The number of hydrogen-bond acceptors (Lipinski definition) is 3. The summed E-state index contributed by atoms with van der Waals surface area (Å²) in [6, 6.07) is 9.41. The van der Waals surface area contributed by atoms with Gasteiger partial charge in [-0.05, 0) is 18.2 Å². The van der Waals surface area contributed by atoms with Crippen molar-refractivity contribution in [2.75, 3.05) is 18.9 Å². The van der Waals surface area contributed by atoms with E-state index in [1.165, 1.54) is 5.69 Å². The van der Waals surface area contributed by atoms with Gasteiger partial charge < -0.3 is 15.2 Å². The van der Waals surface area contributed by atoms with Gasteiger partial charge in [-0.15, -0.1) is 0 Å². The molecular formula is C18H17ClN4O. The molecule has 2 aromatic heterocycles. The lowest BCUT2D eigenvalue weighted by Crippen LogP contribution is -2.35. The summed E-state index contributed by atoms with van der Waals surface area (Å²) < 4.78 is 0. The first-order valence-electron chi connectivity index (χ1n) is 7.88. The third-order valence-electron chi connectivity index (χ3n) is 4.51. The SMILES string of the molecule is CNc1cc(C(=O)N2CCc3[nH]c4c(Cl)cccc4c3C2)ccn1. The fraction of sp³-hybridized carbons (Fsp3) is 0.222. The maximum Gasteiger partial charge on any atom is 0.254 e. The summed E-state index contributed by atoms with van der Waals surface area (Å²) in [5.74, 6) is 0.716. The number of nitrogens with zero attached hydrogens (tertiary/aromatic N) is 2. The maximum absolute atomic E-state index is 12.8. The topological polar surface area (TPSA) is 61.0 Å². The summed E-state index contributed by atoms with van der Waals surface area (Å²) in [7, 11) is 1.79. The number of anilines is 1. The number of pyridine rings is 1. The number of aromatic amines is 1. The van der Waals surface area contributed by atoms with Crippen LogP contribution in [0.25, 0.3) is 10.9 Å². The van der Waals surface area contributed by atoms with Crippen molar-refractivity contribution in [2.24, 2.45) is 0 Å². The molecule has 4 rings (SSSR count). The third kappa shape index (κ3) is 2.41. The average molecular weight is 341 g/mol. The lowest BCUT2D eigenvalue weighted by molar-refractivity contribution is 0.0735. The number of hydrogen-bond donors (Lipinski definition) is 2. The first kappa shape index (κ1) is 15.0. The zero-order valence-corrected chi connectivity index (χ0v) is 14.0. The van der Waals surface area contributed by atoms with Gasteiger partial charge in [-0.25, -0.2) is 4.98 Å². The summed E-state index contributed by atoms with van der Waals surface area (Å²) in [5.41, 5.74) is 3.94. The number of amides is 1. The van der Waals surface area contributed by atoms with Crippen molar-refractivity contribution in [3.63, 3.8) is 0 Å². The number of benzene rings is 1. The first-order chi connectivity index (χ1) is 11.7. The Morgan fingerprint density at radius 3 is 3.08 bits per heavy atom. The molecule has 0 unspecified atom stereocenters. The number of aromatic nitrogens is 2. The van der Waals surface area contributed by atoms with Gasteiger partial charge in [0.1, 0.15) is 5.82 Å². The average Bonchev–Trinajstić information content (AvgIpc) is 3.00. The van der Waals surface area contributed by atoms with Gasteiger partial charge in [0, 0.05) is 55.0 Å². The van der Waals surface area contributed by atoms with Crippen molar-refractivity contribution in [3.8, 4) is 0 Å². The van der Waals surface area contributed by atoms with Crippen LogP contribution in [-0.2, 0) is 13.0 Å². The number of carbonyl (C=O) groups excluding carboxylic acids is 1. The fourth-order valence-corrected chi connectivity index (χ4v) is 3.48. The highest BCUT2D eigenvalue weighted by atomic mass is 35.5. The van der Waals surface area contributed by atoms with Crippen molar-refractivity contribution in [3.05, 3.63) is 58.4 Å². The molecule has 3 heterocycles. The first-order valence-corrected chi connectivity index (χ1v) is 8.26. The van der Waals surface area contributed by atoms with E-state index in [0.29, 0.717) is 29.5 Å². The molecule has 0 saturated carbocycles. The van der Waals surface area contributed by atoms with Gasteiger partial charge >= 0.3 is 0 Å². The van der Waals surface area contributed by atoms with E-state index in [-0.39, 0.29) is 5.91 Å². The van der Waals surface area contributed by atoms with Gasteiger partial charge in [0.2, 0.25) is 0 Å². The number of para-hydroxylation sites is 1. The van der Waals surface area contributed by atoms with Crippen LogP contribution in [-0.4, -0.2) is 34.4 Å². The molecule has 5 nitrogen and oxygen atoms in total. The molecule has 24 heavy (non-hydrogen) atoms. The number of carbonyl (C=O) groups is 1. The lowest BCUT2D eigenvalue weighted by atomic mass is 10.0. The molecule has 0 fully saturated rings. The molecule has 3 aromatic rings. The highest BCUT2D eigenvalue weighted by Gasteiger charge is 2.25. The van der Waals surface area contributed by atoms with Crippen molar-refractivity contribution in [2.45, 2.75) is 13.0 Å². The van der Waals surface area contributed by atoms with Crippen molar-refractivity contribution < 1.29 is 4.79 Å². The van der Waals surface area contributed by atoms with Gasteiger partial charge in [-0.1, -0.05) is 23.7 Å². The molecule has 0 spiro atoms. The number of nitrogens with one attached hydrogen (secondary N) is 2. The normalized spacial score (nSPS) is 13.8. The molecule has 0 bridgehead atoms. The van der Waals surface area contributed by atoms with E-state index in [0.717, 1.165) is 22.9 Å². The van der Waals surface area contributed by atoms with E-state index in [9.17, 15) is 4.79 Å². The van der Waals surface area contributed by atoms with Crippen LogP contribution < -0.4 is 5.32 Å². The zero-order valence-electron chi connectivity index (χ0n) is 13.3. The van der Waals surface area contributed by atoms with Crippen LogP contribution in [0.4, 0.5) is 5.82 Å². The Morgan fingerprint density at radius 1 is 1.38 bits per heavy atom. The van der Waals surface area contributed by atoms with Crippen molar-refractivity contribution in [1.29, 1.82) is 0 Å². The Balaban J connectivity index is 1.67. The second-order valence-electron chi connectivity index (χ2n) is 5.90. The molecule has 0 saturated heterocycles. The van der Waals surface area contributed by atoms with Gasteiger partial charge in [0.05, 0.1) is 10.5 Å². The van der Waals surface area contributed by atoms with Gasteiger partial charge in [0.25, 0.3) is 5.91 Å². The standard InChI is InChI=1S/C18H17ClN4O/c1-20-16-9-11(5-7-21-16)18(24)23-8-6-15-13(10-23)12-3-2-4-14(19)17(12)22-15/h2-5,7,9,22H,6,8,10H2,1H3,(H,20,21). The van der Waals surface area contributed by atoms with Crippen LogP contribution in [0.15, 0.2) is 36.5 Å². The predicted octanol–water partition coefficient (Wildman–Crippen LogP) is 3.46. The number of halogens is 1. The van der Waals surface area contributed by atoms with E-state index in [1.54, 1.807) is 25.4 Å². The molecule has 1 amide bonds. The van der Waals surface area contributed by atoms with E-state index in [4.69, 9.17) is 11.6 Å². The molecule has 2 N–H and O–H groups in total. The van der Waals surface area contributed by atoms with Gasteiger partial charge in [-0.3, -0.25) is 4.79 Å². The molecule has 0 radical (unpaired) electrons.